The molecule has 2 aliphatic heterocycles. The molecule has 1 spiro atoms. The molecule has 2 N–H and O–H groups in total. The fourth-order valence-electron chi connectivity index (χ4n) is 4.88. The number of H-pyrrole nitrogens is 1. The number of carbonyl (C=O) groups is 1. The second kappa shape index (κ2) is 7.65. The van der Waals surface area contributed by atoms with E-state index in [1.165, 1.54) is 12.8 Å². The lowest BCUT2D eigenvalue weighted by atomic mass is 9.92. The number of nitrogens with zero attached hydrogens (tertiary/aromatic N) is 4. The monoisotopic (exact) mass is 450 g/mol. The summed E-state index contributed by atoms with van der Waals surface area (Å²) in [4.78, 5) is 36.2. The van der Waals surface area contributed by atoms with Gasteiger partial charge in [0.15, 0.2) is 0 Å². The number of hydrogen-bond donors (Lipinski definition) is 2. The molecule has 1 saturated carbocycles. The van der Waals surface area contributed by atoms with Crippen LogP contribution < -0.4 is 20.7 Å². The van der Waals surface area contributed by atoms with E-state index in [-0.39, 0.29) is 17.2 Å². The van der Waals surface area contributed by atoms with Crippen LogP contribution in [0.1, 0.15) is 52.0 Å². The van der Waals surface area contributed by atoms with Gasteiger partial charge in [0.05, 0.1) is 23.4 Å². The molecular weight excluding hydrogens is 420 g/mol. The van der Waals surface area contributed by atoms with Gasteiger partial charge in [0.2, 0.25) is 0 Å². The Morgan fingerprint density at radius 1 is 1.24 bits per heavy atom. The van der Waals surface area contributed by atoms with Gasteiger partial charge in [-0.05, 0) is 57.9 Å². The number of aromatic nitrogens is 2. The van der Waals surface area contributed by atoms with Gasteiger partial charge in [-0.3, -0.25) is 4.79 Å². The average molecular weight is 451 g/mol. The van der Waals surface area contributed by atoms with Crippen LogP contribution in [-0.4, -0.2) is 53.9 Å². The number of nitriles is 1. The van der Waals surface area contributed by atoms with Gasteiger partial charge in [-0.2, -0.15) is 5.26 Å². The molecule has 174 valence electrons. The Balaban J connectivity index is 1.38. The molecule has 2 aromatic rings. The van der Waals surface area contributed by atoms with E-state index in [1.54, 1.807) is 6.20 Å². The quantitative estimate of drug-likeness (QED) is 0.739. The first-order valence-corrected chi connectivity index (χ1v) is 11.6. The van der Waals surface area contributed by atoms with E-state index in [0.717, 1.165) is 42.8 Å². The van der Waals surface area contributed by atoms with Crippen molar-refractivity contribution in [2.45, 2.75) is 58.1 Å². The number of aromatic amines is 1. The van der Waals surface area contributed by atoms with Crippen molar-refractivity contribution in [1.29, 1.82) is 5.26 Å². The number of hydrogen-bond acceptors (Lipinski definition) is 7. The molecule has 1 amide bonds. The lowest BCUT2D eigenvalue weighted by Crippen LogP contribution is -2.60. The number of fused-ring (bicyclic) bond motifs is 1. The van der Waals surface area contributed by atoms with E-state index in [1.807, 2.05) is 26.8 Å². The third-order valence-corrected chi connectivity index (χ3v) is 6.99. The number of anilines is 2. The number of nitrogens with one attached hydrogen (secondary N) is 2. The summed E-state index contributed by atoms with van der Waals surface area (Å²) in [6, 6.07) is 4.07. The second-order valence-corrected chi connectivity index (χ2v) is 10.6. The van der Waals surface area contributed by atoms with Gasteiger partial charge >= 0.3 is 6.09 Å². The first kappa shape index (κ1) is 21.6. The van der Waals surface area contributed by atoms with Crippen LogP contribution in [0.15, 0.2) is 17.1 Å². The highest BCUT2D eigenvalue weighted by Gasteiger charge is 2.45. The Kier molecular flexibility index (Phi) is 5.00. The van der Waals surface area contributed by atoms with Crippen LogP contribution in [-0.2, 0) is 4.74 Å². The summed E-state index contributed by atoms with van der Waals surface area (Å²) in [7, 11) is 0. The zero-order valence-electron chi connectivity index (χ0n) is 19.4. The maximum absolute atomic E-state index is 12.6. The molecule has 4 heterocycles. The van der Waals surface area contributed by atoms with Crippen molar-refractivity contribution in [3.8, 4) is 6.07 Å². The van der Waals surface area contributed by atoms with Crippen LogP contribution in [0.4, 0.5) is 16.3 Å². The van der Waals surface area contributed by atoms with Gasteiger partial charge in [0, 0.05) is 31.6 Å². The van der Waals surface area contributed by atoms with Crippen molar-refractivity contribution in [2.24, 2.45) is 5.41 Å². The van der Waals surface area contributed by atoms with Crippen LogP contribution in [0.5, 0.6) is 0 Å². The molecule has 0 unspecified atom stereocenters. The van der Waals surface area contributed by atoms with Crippen LogP contribution in [0, 0.1) is 16.7 Å². The topological polar surface area (TPSA) is 114 Å². The van der Waals surface area contributed by atoms with Crippen molar-refractivity contribution in [3.05, 3.63) is 28.2 Å². The molecule has 9 nitrogen and oxygen atoms in total. The number of ether oxygens (including phenoxy) is 1. The summed E-state index contributed by atoms with van der Waals surface area (Å²) in [5.41, 5.74) is 1.12. The van der Waals surface area contributed by atoms with Crippen LogP contribution in [0.2, 0.25) is 0 Å². The molecule has 33 heavy (non-hydrogen) atoms. The summed E-state index contributed by atoms with van der Waals surface area (Å²) in [5.74, 6) is 0.762. The molecule has 0 atom stereocenters. The van der Waals surface area contributed by atoms with E-state index < -0.39 is 11.7 Å². The van der Waals surface area contributed by atoms with E-state index in [0.29, 0.717) is 24.0 Å². The fourth-order valence-corrected chi connectivity index (χ4v) is 4.88. The Morgan fingerprint density at radius 2 is 1.94 bits per heavy atom. The third-order valence-electron chi connectivity index (χ3n) is 6.99. The van der Waals surface area contributed by atoms with Crippen molar-refractivity contribution in [1.82, 2.24) is 15.3 Å². The molecule has 2 aromatic heterocycles. The minimum atomic E-state index is -0.535. The fraction of sp³-hybridized carbons (Fsp3) is 0.583. The lowest BCUT2D eigenvalue weighted by molar-refractivity contribution is 0.0496. The maximum Gasteiger partial charge on any atom is 0.407 e. The molecule has 0 bridgehead atoms. The largest absolute Gasteiger partial charge is 0.444 e. The van der Waals surface area contributed by atoms with Crippen molar-refractivity contribution in [3.63, 3.8) is 0 Å². The van der Waals surface area contributed by atoms with Crippen LogP contribution >= 0.6 is 0 Å². The van der Waals surface area contributed by atoms with E-state index in [4.69, 9.17) is 4.74 Å². The molecule has 3 fully saturated rings. The highest BCUT2D eigenvalue weighted by atomic mass is 16.6. The number of piperidine rings is 1. The zero-order valence-corrected chi connectivity index (χ0v) is 19.4. The van der Waals surface area contributed by atoms with Crippen molar-refractivity contribution < 1.29 is 9.53 Å². The van der Waals surface area contributed by atoms with Gasteiger partial charge in [0.25, 0.3) is 5.56 Å². The number of alkyl carbamates (subject to hydrolysis) is 1. The molecule has 9 heteroatoms. The Bertz CT molecular complexity index is 1190. The van der Waals surface area contributed by atoms with E-state index in [2.05, 4.69) is 31.2 Å². The van der Waals surface area contributed by atoms with Crippen molar-refractivity contribution >= 4 is 28.5 Å². The summed E-state index contributed by atoms with van der Waals surface area (Å²) >= 11 is 0. The molecule has 5 rings (SSSR count). The first-order valence-electron chi connectivity index (χ1n) is 11.6. The molecule has 0 radical (unpaired) electrons. The maximum atomic E-state index is 12.6. The Labute approximate surface area is 192 Å². The normalized spacial score (nSPS) is 19.8. The van der Waals surface area contributed by atoms with E-state index in [9.17, 15) is 14.9 Å². The third kappa shape index (κ3) is 4.22. The summed E-state index contributed by atoms with van der Waals surface area (Å²) in [6.07, 6.45) is 6.04. The highest BCUT2D eigenvalue weighted by molar-refractivity contribution is 5.95. The average Bonchev–Trinajstić information content (AvgIpc) is 3.47. The molecule has 1 aliphatic carbocycles. The highest BCUT2D eigenvalue weighted by Crippen LogP contribution is 2.54. The van der Waals surface area contributed by atoms with Gasteiger partial charge in [-0.1, -0.05) is 0 Å². The predicted octanol–water partition coefficient (Wildman–Crippen LogP) is 2.89. The van der Waals surface area contributed by atoms with Gasteiger partial charge in [0.1, 0.15) is 23.1 Å². The molecule has 2 saturated heterocycles. The minimum absolute atomic E-state index is 0.0149. The number of amides is 1. The summed E-state index contributed by atoms with van der Waals surface area (Å²) in [6.45, 7) is 8.46. The van der Waals surface area contributed by atoms with Gasteiger partial charge in [-0.25, -0.2) is 9.78 Å². The minimum Gasteiger partial charge on any atom is -0.444 e. The van der Waals surface area contributed by atoms with Crippen LogP contribution in [0.3, 0.4) is 0 Å². The molecule has 3 aliphatic rings. The Hall–Kier alpha value is -3.28. The van der Waals surface area contributed by atoms with Gasteiger partial charge < -0.3 is 24.8 Å². The zero-order chi connectivity index (χ0) is 23.4. The van der Waals surface area contributed by atoms with Crippen LogP contribution in [0.25, 0.3) is 10.9 Å². The summed E-state index contributed by atoms with van der Waals surface area (Å²) < 4.78 is 5.33. The lowest BCUT2D eigenvalue weighted by Gasteiger charge is -2.40. The Morgan fingerprint density at radius 3 is 2.55 bits per heavy atom. The van der Waals surface area contributed by atoms with Gasteiger partial charge in [-0.15, -0.1) is 0 Å². The number of rotatable bonds is 3. The predicted molar refractivity (Wildman–Crippen MR) is 126 cm³/mol. The van der Waals surface area contributed by atoms with Crippen molar-refractivity contribution in [2.75, 3.05) is 36.0 Å². The molecule has 0 aromatic carbocycles. The SMILES string of the molecule is CC(C)(C)OC(=O)NC1CN(c2cc3c(N4CCC5(CC4)CC5)c(C#N)c(=O)[nH]c3cn2)C1. The molecular formula is C24H30N6O3. The number of pyridine rings is 2. The standard InChI is InChI=1S/C24H30N6O3/c1-23(2,3)33-22(32)27-15-13-30(14-15)19-10-16-18(12-26-19)28-21(31)17(11-25)20(16)29-8-6-24(4-5-24)7-9-29/h10,12,15H,4-9,13-14H2,1-3H3,(H,27,32)(H,28,31). The van der Waals surface area contributed by atoms with E-state index >= 15 is 0 Å². The smallest absolute Gasteiger partial charge is 0.407 e. The second-order valence-electron chi connectivity index (χ2n) is 10.6. The summed E-state index contributed by atoms with van der Waals surface area (Å²) in [5, 5.41) is 13.5. The first-order chi connectivity index (χ1) is 15.7. The number of carbonyl (C=O) groups excluding carboxylic acids is 1.